The van der Waals surface area contributed by atoms with Gasteiger partial charge in [-0.05, 0) is 40.6 Å². The summed E-state index contributed by atoms with van der Waals surface area (Å²) in [6.45, 7) is 2.12. The minimum atomic E-state index is 0.667. The van der Waals surface area contributed by atoms with E-state index in [1.54, 1.807) is 18.7 Å². The zero-order valence-electron chi connectivity index (χ0n) is 17.2. The molecule has 0 radical (unpaired) electrons. The molecule has 0 unspecified atom stereocenters. The largest absolute Gasteiger partial charge is 0.452 e. The first-order valence-electron chi connectivity index (χ1n) is 9.96. The highest BCUT2D eigenvalue weighted by molar-refractivity contribution is 5.86. The molecule has 31 heavy (non-hydrogen) atoms. The molecule has 152 valence electrons. The Hall–Kier alpha value is -4.18. The molecular weight excluding hydrogens is 384 g/mol. The molecule has 0 aliphatic rings. The lowest BCUT2D eigenvalue weighted by Gasteiger charge is -1.99. The van der Waals surface area contributed by atoms with Gasteiger partial charge in [0.05, 0.1) is 12.4 Å². The molecule has 4 aromatic carbocycles. The molecule has 2 aromatic heterocycles. The topological polar surface area (TPSA) is 52.1 Å². The van der Waals surface area contributed by atoms with Gasteiger partial charge < -0.3 is 8.83 Å². The second kappa shape index (κ2) is 10.0. The van der Waals surface area contributed by atoms with Crippen LogP contribution < -0.4 is 0 Å². The van der Waals surface area contributed by atoms with Crippen molar-refractivity contribution in [3.63, 3.8) is 0 Å². The standard InChI is InChI=1S/C13H9NO.C11H10.C3H3NO/c1-2-4-11-9-12(6-5-10(11)3-1)13-14-7-8-15-13;1-9-6-7-10-4-2-3-5-11(10)8-9;1-2-5-3-4-1/h1-9H;2-8H,1H3;1-3H. The molecule has 4 heteroatoms. The molecule has 0 saturated carbocycles. The molecule has 4 nitrogen and oxygen atoms in total. The molecule has 0 aliphatic heterocycles. The van der Waals surface area contributed by atoms with Crippen molar-refractivity contribution < 1.29 is 8.83 Å². The maximum atomic E-state index is 5.26. The summed E-state index contributed by atoms with van der Waals surface area (Å²) in [5.41, 5.74) is 2.34. The van der Waals surface area contributed by atoms with Gasteiger partial charge in [-0.1, -0.05) is 78.4 Å². The summed E-state index contributed by atoms with van der Waals surface area (Å²) in [6, 6.07) is 29.3. The Morgan fingerprint density at radius 1 is 0.645 bits per heavy atom. The summed E-state index contributed by atoms with van der Waals surface area (Å²) in [5, 5.41) is 5.08. The van der Waals surface area contributed by atoms with Crippen molar-refractivity contribution in [2.24, 2.45) is 0 Å². The van der Waals surface area contributed by atoms with E-state index in [2.05, 4.69) is 88.0 Å². The van der Waals surface area contributed by atoms with E-state index in [1.165, 1.54) is 39.8 Å². The third-order valence-corrected chi connectivity index (χ3v) is 4.68. The van der Waals surface area contributed by atoms with Gasteiger partial charge in [0.25, 0.3) is 0 Å². The number of hydrogen-bond donors (Lipinski definition) is 0. The fraction of sp³-hybridized carbons (Fsp3) is 0.0370. The van der Waals surface area contributed by atoms with Gasteiger partial charge in [0, 0.05) is 5.56 Å². The maximum absolute atomic E-state index is 5.26. The SMILES string of the molecule is Cc1ccc2ccccc2c1.c1ccc2cc(-c3ncco3)ccc2c1.c1cocn1. The summed E-state index contributed by atoms with van der Waals surface area (Å²) in [7, 11) is 0. The van der Waals surface area contributed by atoms with Crippen LogP contribution in [0.4, 0.5) is 0 Å². The lowest BCUT2D eigenvalue weighted by molar-refractivity contribution is 0.558. The summed E-state index contributed by atoms with van der Waals surface area (Å²) >= 11 is 0. The normalized spacial score (nSPS) is 10.1. The van der Waals surface area contributed by atoms with E-state index < -0.39 is 0 Å². The van der Waals surface area contributed by atoms with Crippen molar-refractivity contribution in [3.8, 4) is 11.5 Å². The molecule has 0 saturated heterocycles. The molecule has 0 bridgehead atoms. The monoisotopic (exact) mass is 406 g/mol. The first-order chi connectivity index (χ1) is 15.3. The number of aryl methyl sites for hydroxylation is 1. The van der Waals surface area contributed by atoms with Crippen molar-refractivity contribution in [2.75, 3.05) is 0 Å². The Kier molecular flexibility index (Phi) is 6.51. The van der Waals surface area contributed by atoms with Gasteiger partial charge in [-0.2, -0.15) is 0 Å². The van der Waals surface area contributed by atoms with E-state index in [1.807, 2.05) is 18.2 Å². The highest BCUT2D eigenvalue weighted by Gasteiger charge is 2.02. The molecule has 0 fully saturated rings. The van der Waals surface area contributed by atoms with Crippen LogP contribution in [0.25, 0.3) is 33.0 Å². The minimum Gasteiger partial charge on any atom is -0.452 e. The van der Waals surface area contributed by atoms with E-state index in [4.69, 9.17) is 4.42 Å². The Bertz CT molecular complexity index is 1320. The molecule has 0 spiro atoms. The number of aromatic nitrogens is 2. The quantitative estimate of drug-likeness (QED) is 0.287. The lowest BCUT2D eigenvalue weighted by Crippen LogP contribution is -1.77. The minimum absolute atomic E-state index is 0.667. The first-order valence-corrected chi connectivity index (χ1v) is 9.96. The Morgan fingerprint density at radius 3 is 1.90 bits per heavy atom. The number of rotatable bonds is 1. The molecule has 0 atom stereocenters. The van der Waals surface area contributed by atoms with Crippen molar-refractivity contribution >= 4 is 21.5 Å². The van der Waals surface area contributed by atoms with Gasteiger partial charge >= 0.3 is 0 Å². The summed E-state index contributed by atoms with van der Waals surface area (Å²) < 4.78 is 9.73. The fourth-order valence-electron chi connectivity index (χ4n) is 3.17. The molecule has 0 amide bonds. The number of oxazole rings is 2. The third-order valence-electron chi connectivity index (χ3n) is 4.68. The summed E-state index contributed by atoms with van der Waals surface area (Å²) in [4.78, 5) is 7.68. The van der Waals surface area contributed by atoms with Crippen molar-refractivity contribution in [2.45, 2.75) is 6.92 Å². The molecule has 0 N–H and O–H groups in total. The van der Waals surface area contributed by atoms with E-state index in [-0.39, 0.29) is 0 Å². The van der Waals surface area contributed by atoms with Crippen LogP contribution in [0.3, 0.4) is 0 Å². The highest BCUT2D eigenvalue weighted by Crippen LogP contribution is 2.22. The van der Waals surface area contributed by atoms with E-state index in [0.717, 1.165) is 5.56 Å². The summed E-state index contributed by atoms with van der Waals surface area (Å²) in [6.07, 6.45) is 7.72. The smallest absolute Gasteiger partial charge is 0.225 e. The molecule has 2 heterocycles. The highest BCUT2D eigenvalue weighted by atomic mass is 16.3. The summed E-state index contributed by atoms with van der Waals surface area (Å²) in [5.74, 6) is 0.667. The van der Waals surface area contributed by atoms with Crippen LogP contribution in [0.5, 0.6) is 0 Å². The van der Waals surface area contributed by atoms with E-state index in [9.17, 15) is 0 Å². The van der Waals surface area contributed by atoms with Gasteiger partial charge in [0.2, 0.25) is 5.89 Å². The number of nitrogens with zero attached hydrogens (tertiary/aromatic N) is 2. The zero-order chi connectivity index (χ0) is 21.3. The molecule has 6 aromatic rings. The predicted octanol–water partition coefficient (Wildman–Crippen LogP) is 7.32. The maximum Gasteiger partial charge on any atom is 0.225 e. The van der Waals surface area contributed by atoms with Crippen molar-refractivity contribution in [1.29, 1.82) is 0 Å². The Labute approximate surface area is 180 Å². The van der Waals surface area contributed by atoms with Crippen molar-refractivity contribution in [1.82, 2.24) is 9.97 Å². The van der Waals surface area contributed by atoms with Gasteiger partial charge in [0.15, 0.2) is 6.39 Å². The third kappa shape index (κ3) is 5.46. The zero-order valence-corrected chi connectivity index (χ0v) is 17.2. The van der Waals surface area contributed by atoms with Gasteiger partial charge in [-0.15, -0.1) is 0 Å². The Morgan fingerprint density at radius 2 is 1.32 bits per heavy atom. The van der Waals surface area contributed by atoms with Crippen LogP contribution in [0, 0.1) is 6.92 Å². The number of fused-ring (bicyclic) bond motifs is 2. The van der Waals surface area contributed by atoms with E-state index >= 15 is 0 Å². The van der Waals surface area contributed by atoms with Crippen LogP contribution in [0.15, 0.2) is 125 Å². The number of hydrogen-bond acceptors (Lipinski definition) is 4. The number of benzene rings is 4. The van der Waals surface area contributed by atoms with Crippen molar-refractivity contribution in [3.05, 3.63) is 122 Å². The lowest BCUT2D eigenvalue weighted by atomic mass is 10.1. The van der Waals surface area contributed by atoms with Gasteiger partial charge in [-0.25, -0.2) is 9.97 Å². The fourth-order valence-corrected chi connectivity index (χ4v) is 3.17. The predicted molar refractivity (Wildman–Crippen MR) is 125 cm³/mol. The molecule has 0 aliphatic carbocycles. The van der Waals surface area contributed by atoms with Gasteiger partial charge in [-0.3, -0.25) is 0 Å². The molecule has 6 rings (SSSR count). The average molecular weight is 406 g/mol. The first kappa shape index (κ1) is 20.1. The molecular formula is C27H22N2O2. The van der Waals surface area contributed by atoms with E-state index in [0.29, 0.717) is 5.89 Å². The van der Waals surface area contributed by atoms with Crippen LogP contribution in [0.1, 0.15) is 5.56 Å². The second-order valence-electron chi connectivity index (χ2n) is 6.93. The Balaban J connectivity index is 0.000000126. The van der Waals surface area contributed by atoms with Crippen LogP contribution in [-0.4, -0.2) is 9.97 Å². The van der Waals surface area contributed by atoms with Gasteiger partial charge in [0.1, 0.15) is 12.5 Å². The average Bonchev–Trinajstić information content (AvgIpc) is 3.56. The van der Waals surface area contributed by atoms with Crippen LogP contribution >= 0.6 is 0 Å². The van der Waals surface area contributed by atoms with Crippen LogP contribution in [-0.2, 0) is 0 Å². The second-order valence-corrected chi connectivity index (χ2v) is 6.93. The van der Waals surface area contributed by atoms with Crippen LogP contribution in [0.2, 0.25) is 0 Å².